The summed E-state index contributed by atoms with van der Waals surface area (Å²) in [5.41, 5.74) is 2.43. The maximum atomic E-state index is 13.2. The lowest BCUT2D eigenvalue weighted by molar-refractivity contribution is -0.123. The third-order valence-corrected chi connectivity index (χ3v) is 4.86. The van der Waals surface area contributed by atoms with Gasteiger partial charge >= 0.3 is 0 Å². The molecule has 0 fully saturated rings. The topological polar surface area (TPSA) is 67.2 Å². The molecule has 0 saturated heterocycles. The van der Waals surface area contributed by atoms with Crippen LogP contribution in [-0.4, -0.2) is 32.4 Å². The van der Waals surface area contributed by atoms with Crippen LogP contribution >= 0.6 is 0 Å². The summed E-state index contributed by atoms with van der Waals surface area (Å²) in [5.74, 6) is 0.521. The lowest BCUT2D eigenvalue weighted by Gasteiger charge is -2.29. The zero-order valence-corrected chi connectivity index (χ0v) is 17.3. The Balaban J connectivity index is 1.85. The minimum Gasteiger partial charge on any atom is -0.350 e. The lowest BCUT2D eigenvalue weighted by Crippen LogP contribution is -2.45. The molecule has 0 spiro atoms. The maximum absolute atomic E-state index is 13.2. The Morgan fingerprint density at radius 1 is 1.21 bits per heavy atom. The highest BCUT2D eigenvalue weighted by atomic mass is 16.2. The Labute approximate surface area is 166 Å². The van der Waals surface area contributed by atoms with Crippen LogP contribution in [0, 0.1) is 0 Å². The van der Waals surface area contributed by atoms with Crippen LogP contribution in [0.1, 0.15) is 50.3 Å². The second kappa shape index (κ2) is 8.27. The molecule has 6 heteroatoms. The highest BCUT2D eigenvalue weighted by molar-refractivity contribution is 5.76. The molecule has 1 aromatic heterocycles. The second-order valence-corrected chi connectivity index (χ2v) is 8.44. The number of aromatic nitrogens is 2. The van der Waals surface area contributed by atoms with Crippen LogP contribution in [0.3, 0.4) is 0 Å². The Kier molecular flexibility index (Phi) is 5.98. The fourth-order valence-corrected chi connectivity index (χ4v) is 3.63. The smallest absolute Gasteiger partial charge is 0.258 e. The lowest BCUT2D eigenvalue weighted by atomic mass is 10.1. The summed E-state index contributed by atoms with van der Waals surface area (Å²) < 4.78 is 1.55. The first-order valence-corrected chi connectivity index (χ1v) is 9.95. The molecule has 1 aliphatic heterocycles. The molecule has 150 valence electrons. The molecule has 2 aromatic rings. The van der Waals surface area contributed by atoms with Crippen LogP contribution in [0.15, 0.2) is 35.1 Å². The van der Waals surface area contributed by atoms with Gasteiger partial charge in [0, 0.05) is 38.0 Å². The monoisotopic (exact) mass is 382 g/mol. The first-order valence-electron chi connectivity index (χ1n) is 9.95. The van der Waals surface area contributed by atoms with E-state index in [0.717, 1.165) is 30.8 Å². The number of carbonyl (C=O) groups excluding carboxylic acids is 1. The highest BCUT2D eigenvalue weighted by Crippen LogP contribution is 2.17. The number of nitrogens with one attached hydrogen (secondary N) is 1. The molecule has 1 amide bonds. The molecule has 0 unspecified atom stereocenters. The van der Waals surface area contributed by atoms with Crippen LogP contribution < -0.4 is 10.9 Å². The van der Waals surface area contributed by atoms with Gasteiger partial charge in [-0.3, -0.25) is 19.1 Å². The number of aryl methyl sites for hydroxylation is 1. The molecule has 0 saturated carbocycles. The Bertz CT molecular complexity index is 897. The van der Waals surface area contributed by atoms with Crippen molar-refractivity contribution >= 4 is 5.91 Å². The summed E-state index contributed by atoms with van der Waals surface area (Å²) in [6.07, 6.45) is 1.39. The van der Waals surface area contributed by atoms with Crippen molar-refractivity contribution in [3.63, 3.8) is 0 Å². The average molecular weight is 383 g/mol. The van der Waals surface area contributed by atoms with E-state index in [-0.39, 0.29) is 23.6 Å². The van der Waals surface area contributed by atoms with Gasteiger partial charge < -0.3 is 5.32 Å². The van der Waals surface area contributed by atoms with Crippen LogP contribution in [0.2, 0.25) is 0 Å². The molecule has 28 heavy (non-hydrogen) atoms. The van der Waals surface area contributed by atoms with E-state index in [0.29, 0.717) is 18.8 Å². The number of amides is 1. The Morgan fingerprint density at radius 2 is 1.93 bits per heavy atom. The largest absolute Gasteiger partial charge is 0.350 e. The van der Waals surface area contributed by atoms with Gasteiger partial charge in [0.1, 0.15) is 12.4 Å². The molecule has 0 atom stereocenters. The SMILES string of the molecule is CCc1nc2c(c(=O)n1CC(=O)NC(C)(C)C)CN(Cc1ccccc1)CC2. The third kappa shape index (κ3) is 4.87. The number of benzene rings is 1. The molecule has 6 nitrogen and oxygen atoms in total. The Morgan fingerprint density at radius 3 is 2.57 bits per heavy atom. The molecule has 0 bridgehead atoms. The zero-order valence-electron chi connectivity index (χ0n) is 17.3. The van der Waals surface area contributed by atoms with Crippen molar-refractivity contribution < 1.29 is 4.79 Å². The fraction of sp³-hybridized carbons (Fsp3) is 0.500. The van der Waals surface area contributed by atoms with E-state index in [1.54, 1.807) is 4.57 Å². The number of hydrogen-bond donors (Lipinski definition) is 1. The predicted molar refractivity (Wildman–Crippen MR) is 110 cm³/mol. The molecule has 2 heterocycles. The number of fused-ring (bicyclic) bond motifs is 1. The van der Waals surface area contributed by atoms with Crippen molar-refractivity contribution in [1.29, 1.82) is 0 Å². The summed E-state index contributed by atoms with van der Waals surface area (Å²) in [6, 6.07) is 10.3. The van der Waals surface area contributed by atoms with Gasteiger partial charge in [0.05, 0.1) is 11.3 Å². The summed E-state index contributed by atoms with van der Waals surface area (Å²) in [4.78, 5) is 32.6. The summed E-state index contributed by atoms with van der Waals surface area (Å²) >= 11 is 0. The van der Waals surface area contributed by atoms with Gasteiger partial charge in [-0.2, -0.15) is 0 Å². The molecular formula is C22H30N4O2. The molecule has 1 aromatic carbocycles. The number of hydrogen-bond acceptors (Lipinski definition) is 4. The van der Waals surface area contributed by atoms with Crippen molar-refractivity contribution in [3.8, 4) is 0 Å². The van der Waals surface area contributed by atoms with Crippen molar-refractivity contribution in [2.45, 2.75) is 65.7 Å². The zero-order chi connectivity index (χ0) is 20.3. The molecule has 0 radical (unpaired) electrons. The molecule has 1 N–H and O–H groups in total. The highest BCUT2D eigenvalue weighted by Gasteiger charge is 2.24. The molecule has 3 rings (SSSR count). The van der Waals surface area contributed by atoms with Crippen LogP contribution in [0.25, 0.3) is 0 Å². The number of carbonyl (C=O) groups is 1. The standard InChI is InChI=1S/C22H30N4O2/c1-5-19-23-18-11-12-25(13-16-9-7-6-8-10-16)14-17(18)21(28)26(19)15-20(27)24-22(2,3)4/h6-10H,5,11-15H2,1-4H3,(H,24,27). The van der Waals surface area contributed by atoms with Crippen molar-refractivity contribution in [1.82, 2.24) is 19.8 Å². The van der Waals surface area contributed by atoms with Gasteiger partial charge in [-0.05, 0) is 26.3 Å². The predicted octanol–water partition coefficient (Wildman–Crippen LogP) is 2.28. The van der Waals surface area contributed by atoms with E-state index in [4.69, 9.17) is 4.98 Å². The third-order valence-electron chi connectivity index (χ3n) is 4.86. The molecule has 1 aliphatic rings. The number of rotatable bonds is 5. The van der Waals surface area contributed by atoms with Crippen molar-refractivity contribution in [2.75, 3.05) is 6.54 Å². The van der Waals surface area contributed by atoms with Crippen molar-refractivity contribution in [3.05, 3.63) is 63.3 Å². The van der Waals surface area contributed by atoms with Gasteiger partial charge in [-0.25, -0.2) is 4.98 Å². The van der Waals surface area contributed by atoms with Gasteiger partial charge in [0.15, 0.2) is 0 Å². The van der Waals surface area contributed by atoms with Crippen LogP contribution in [0.5, 0.6) is 0 Å². The van der Waals surface area contributed by atoms with E-state index in [1.165, 1.54) is 5.56 Å². The van der Waals surface area contributed by atoms with E-state index in [2.05, 4.69) is 22.3 Å². The quantitative estimate of drug-likeness (QED) is 0.862. The molecule has 0 aliphatic carbocycles. The van der Waals surface area contributed by atoms with Gasteiger partial charge in [0.2, 0.25) is 5.91 Å². The van der Waals surface area contributed by atoms with Gasteiger partial charge in [0.25, 0.3) is 5.56 Å². The first-order chi connectivity index (χ1) is 13.3. The van der Waals surface area contributed by atoms with Crippen LogP contribution in [-0.2, 0) is 37.3 Å². The minimum absolute atomic E-state index is 0.0121. The molecular weight excluding hydrogens is 352 g/mol. The second-order valence-electron chi connectivity index (χ2n) is 8.44. The van der Waals surface area contributed by atoms with E-state index in [1.807, 2.05) is 45.9 Å². The van der Waals surface area contributed by atoms with Gasteiger partial charge in [-0.1, -0.05) is 37.3 Å². The summed E-state index contributed by atoms with van der Waals surface area (Å²) in [6.45, 7) is 10.0. The maximum Gasteiger partial charge on any atom is 0.258 e. The van der Waals surface area contributed by atoms with E-state index in [9.17, 15) is 9.59 Å². The van der Waals surface area contributed by atoms with E-state index < -0.39 is 0 Å². The summed E-state index contributed by atoms with van der Waals surface area (Å²) in [5, 5.41) is 2.93. The van der Waals surface area contributed by atoms with Gasteiger partial charge in [-0.15, -0.1) is 0 Å². The first kappa shape index (κ1) is 20.3. The van der Waals surface area contributed by atoms with E-state index >= 15 is 0 Å². The van der Waals surface area contributed by atoms with Crippen molar-refractivity contribution in [2.24, 2.45) is 0 Å². The normalized spacial score (nSPS) is 14.6. The average Bonchev–Trinajstić information content (AvgIpc) is 2.63. The van der Waals surface area contributed by atoms with Crippen LogP contribution in [0.4, 0.5) is 0 Å². The number of nitrogens with zero attached hydrogens (tertiary/aromatic N) is 3. The Hall–Kier alpha value is -2.47. The summed E-state index contributed by atoms with van der Waals surface area (Å²) in [7, 11) is 0. The minimum atomic E-state index is -0.332. The fourth-order valence-electron chi connectivity index (χ4n) is 3.63.